The van der Waals surface area contributed by atoms with Crippen molar-refractivity contribution in [3.8, 4) is 5.75 Å². The highest BCUT2D eigenvalue weighted by molar-refractivity contribution is 14.1. The molecule has 0 aliphatic heterocycles. The molecule has 0 bridgehead atoms. The first-order valence-corrected chi connectivity index (χ1v) is 6.07. The predicted molar refractivity (Wildman–Crippen MR) is 62.9 cm³/mol. The molecule has 1 saturated carbocycles. The standard InChI is InChI=1S/C9H9BrINO/c10-7-3-8(9(11)12-4-7)13-5-6-1-2-6/h3-4,6H,1-2,5H2. The van der Waals surface area contributed by atoms with E-state index < -0.39 is 0 Å². The molecule has 1 aliphatic rings. The van der Waals surface area contributed by atoms with Crippen LogP contribution in [0, 0.1) is 9.62 Å². The lowest BCUT2D eigenvalue weighted by atomic mass is 10.4. The predicted octanol–water partition coefficient (Wildman–Crippen LogP) is 3.24. The minimum Gasteiger partial charge on any atom is -0.490 e. The van der Waals surface area contributed by atoms with Crippen molar-refractivity contribution >= 4 is 38.5 Å². The summed E-state index contributed by atoms with van der Waals surface area (Å²) in [5.74, 6) is 1.68. The van der Waals surface area contributed by atoms with Gasteiger partial charge in [0.05, 0.1) is 6.61 Å². The largest absolute Gasteiger partial charge is 0.490 e. The number of halogens is 2. The van der Waals surface area contributed by atoms with E-state index in [9.17, 15) is 0 Å². The zero-order valence-electron chi connectivity index (χ0n) is 6.96. The Kier molecular flexibility index (Phi) is 3.08. The van der Waals surface area contributed by atoms with Crippen LogP contribution in [0.4, 0.5) is 0 Å². The van der Waals surface area contributed by atoms with Gasteiger partial charge in [0, 0.05) is 10.7 Å². The van der Waals surface area contributed by atoms with E-state index in [1.54, 1.807) is 6.20 Å². The summed E-state index contributed by atoms with van der Waals surface area (Å²) in [5.41, 5.74) is 0. The zero-order chi connectivity index (χ0) is 9.26. The maximum absolute atomic E-state index is 5.64. The van der Waals surface area contributed by atoms with Crippen LogP contribution in [0.1, 0.15) is 12.8 Å². The molecule has 0 atom stereocenters. The van der Waals surface area contributed by atoms with Gasteiger partial charge in [-0.3, -0.25) is 0 Å². The highest BCUT2D eigenvalue weighted by Gasteiger charge is 2.22. The molecule has 2 nitrogen and oxygen atoms in total. The fraction of sp³-hybridized carbons (Fsp3) is 0.444. The van der Waals surface area contributed by atoms with Crippen molar-refractivity contribution in [3.05, 3.63) is 20.4 Å². The van der Waals surface area contributed by atoms with Crippen LogP contribution in [-0.4, -0.2) is 11.6 Å². The number of hydrogen-bond donors (Lipinski definition) is 0. The summed E-state index contributed by atoms with van der Waals surface area (Å²) in [5, 5.41) is 0. The summed E-state index contributed by atoms with van der Waals surface area (Å²) in [7, 11) is 0. The van der Waals surface area contributed by atoms with E-state index in [1.807, 2.05) is 6.07 Å². The van der Waals surface area contributed by atoms with Crippen molar-refractivity contribution in [3.63, 3.8) is 0 Å². The number of rotatable bonds is 3. The normalized spacial score (nSPS) is 15.8. The number of aromatic nitrogens is 1. The minimum absolute atomic E-state index is 0.787. The second-order valence-electron chi connectivity index (χ2n) is 3.20. The molecular formula is C9H9BrINO. The van der Waals surface area contributed by atoms with Crippen LogP contribution in [0.5, 0.6) is 5.75 Å². The molecule has 1 fully saturated rings. The Morgan fingerprint density at radius 3 is 3.08 bits per heavy atom. The maximum Gasteiger partial charge on any atom is 0.152 e. The molecule has 1 aromatic heterocycles. The van der Waals surface area contributed by atoms with Crippen LogP contribution in [-0.2, 0) is 0 Å². The molecule has 0 spiro atoms. The van der Waals surface area contributed by atoms with E-state index in [1.165, 1.54) is 12.8 Å². The molecule has 1 aromatic rings. The summed E-state index contributed by atoms with van der Waals surface area (Å²) < 4.78 is 7.54. The van der Waals surface area contributed by atoms with Crippen LogP contribution in [0.25, 0.3) is 0 Å². The van der Waals surface area contributed by atoms with Gasteiger partial charge < -0.3 is 4.74 Å². The van der Waals surface area contributed by atoms with Gasteiger partial charge in [-0.1, -0.05) is 0 Å². The van der Waals surface area contributed by atoms with Crippen LogP contribution < -0.4 is 4.74 Å². The van der Waals surface area contributed by atoms with Gasteiger partial charge in [-0.25, -0.2) is 4.98 Å². The second-order valence-corrected chi connectivity index (χ2v) is 5.13. The van der Waals surface area contributed by atoms with Gasteiger partial charge in [-0.15, -0.1) is 0 Å². The quantitative estimate of drug-likeness (QED) is 0.614. The first-order chi connectivity index (χ1) is 6.25. The molecule has 0 N–H and O–H groups in total. The third kappa shape index (κ3) is 2.80. The number of pyridine rings is 1. The van der Waals surface area contributed by atoms with E-state index in [-0.39, 0.29) is 0 Å². The van der Waals surface area contributed by atoms with Gasteiger partial charge in [0.25, 0.3) is 0 Å². The van der Waals surface area contributed by atoms with Gasteiger partial charge >= 0.3 is 0 Å². The topological polar surface area (TPSA) is 22.1 Å². The average Bonchev–Trinajstić information content (AvgIpc) is 2.90. The number of hydrogen-bond acceptors (Lipinski definition) is 2. The molecule has 70 valence electrons. The highest BCUT2D eigenvalue weighted by Crippen LogP contribution is 2.31. The van der Waals surface area contributed by atoms with E-state index in [0.29, 0.717) is 0 Å². The Morgan fingerprint density at radius 2 is 2.38 bits per heavy atom. The third-order valence-corrected chi connectivity index (χ3v) is 3.19. The highest BCUT2D eigenvalue weighted by atomic mass is 127. The molecule has 0 aromatic carbocycles. The van der Waals surface area contributed by atoms with Crippen LogP contribution in [0.2, 0.25) is 0 Å². The summed E-state index contributed by atoms with van der Waals surface area (Å²) in [6, 6.07) is 1.97. The average molecular weight is 354 g/mol. The maximum atomic E-state index is 5.64. The molecule has 0 radical (unpaired) electrons. The molecule has 2 rings (SSSR count). The Bertz CT molecular complexity index is 314. The smallest absolute Gasteiger partial charge is 0.152 e. The summed E-state index contributed by atoms with van der Waals surface area (Å²) in [4.78, 5) is 4.19. The number of nitrogens with zero attached hydrogens (tertiary/aromatic N) is 1. The van der Waals surface area contributed by atoms with Crippen molar-refractivity contribution in [2.75, 3.05) is 6.61 Å². The van der Waals surface area contributed by atoms with Gasteiger partial charge in [0.1, 0.15) is 3.70 Å². The van der Waals surface area contributed by atoms with E-state index >= 15 is 0 Å². The van der Waals surface area contributed by atoms with Crippen LogP contribution in [0.15, 0.2) is 16.7 Å². The lowest BCUT2D eigenvalue weighted by molar-refractivity contribution is 0.296. The van der Waals surface area contributed by atoms with E-state index in [4.69, 9.17) is 4.74 Å². The molecule has 0 saturated heterocycles. The zero-order valence-corrected chi connectivity index (χ0v) is 10.7. The summed E-state index contributed by atoms with van der Waals surface area (Å²) >= 11 is 5.56. The van der Waals surface area contributed by atoms with Crippen molar-refractivity contribution in [2.45, 2.75) is 12.8 Å². The molecule has 1 heterocycles. The monoisotopic (exact) mass is 353 g/mol. The van der Waals surface area contributed by atoms with Crippen molar-refractivity contribution in [1.29, 1.82) is 0 Å². The SMILES string of the molecule is Brc1cnc(I)c(OCC2CC2)c1. The van der Waals surface area contributed by atoms with Crippen molar-refractivity contribution in [1.82, 2.24) is 4.98 Å². The van der Waals surface area contributed by atoms with Gasteiger partial charge in [-0.05, 0) is 63.3 Å². The third-order valence-electron chi connectivity index (χ3n) is 1.94. The van der Waals surface area contributed by atoms with Crippen molar-refractivity contribution < 1.29 is 4.74 Å². The molecule has 13 heavy (non-hydrogen) atoms. The van der Waals surface area contributed by atoms with Crippen molar-refractivity contribution in [2.24, 2.45) is 5.92 Å². The second kappa shape index (κ2) is 4.13. The summed E-state index contributed by atoms with van der Waals surface area (Å²) in [6.07, 6.45) is 4.42. The molecular weight excluding hydrogens is 345 g/mol. The van der Waals surface area contributed by atoms with Gasteiger partial charge in [0.2, 0.25) is 0 Å². The Hall–Kier alpha value is 0.160. The van der Waals surface area contributed by atoms with Gasteiger partial charge in [-0.2, -0.15) is 0 Å². The number of ether oxygens (including phenoxy) is 1. The van der Waals surface area contributed by atoms with E-state index in [2.05, 4.69) is 43.5 Å². The fourth-order valence-electron chi connectivity index (χ4n) is 0.997. The van der Waals surface area contributed by atoms with Crippen LogP contribution >= 0.6 is 38.5 Å². The Balaban J connectivity index is 2.03. The molecule has 0 unspecified atom stereocenters. The van der Waals surface area contributed by atoms with Gasteiger partial charge in [0.15, 0.2) is 5.75 Å². The minimum atomic E-state index is 0.787. The Morgan fingerprint density at radius 1 is 1.62 bits per heavy atom. The first kappa shape index (κ1) is 9.71. The fourth-order valence-corrected chi connectivity index (χ4v) is 1.76. The molecule has 4 heteroatoms. The van der Waals surface area contributed by atoms with Crippen LogP contribution in [0.3, 0.4) is 0 Å². The lowest BCUT2D eigenvalue weighted by Crippen LogP contribution is -2.01. The summed E-state index contributed by atoms with van der Waals surface area (Å²) in [6.45, 7) is 0.841. The van der Waals surface area contributed by atoms with E-state index in [0.717, 1.165) is 26.4 Å². The Labute approximate surface area is 99.3 Å². The first-order valence-electron chi connectivity index (χ1n) is 4.19. The lowest BCUT2D eigenvalue weighted by Gasteiger charge is -2.06. The molecule has 0 amide bonds. The molecule has 1 aliphatic carbocycles.